The van der Waals surface area contributed by atoms with E-state index in [1.54, 1.807) is 0 Å². The molecule has 16 heavy (non-hydrogen) atoms. The highest BCUT2D eigenvalue weighted by molar-refractivity contribution is 7.09. The number of nitrogens with one attached hydrogen (secondary N) is 1. The first kappa shape index (κ1) is 12.9. The summed E-state index contributed by atoms with van der Waals surface area (Å²) in [5.74, 6) is 0.249. The van der Waals surface area contributed by atoms with Crippen molar-refractivity contribution in [3.8, 4) is 0 Å². The van der Waals surface area contributed by atoms with Crippen LogP contribution in [0.15, 0.2) is 0 Å². The van der Waals surface area contributed by atoms with Gasteiger partial charge in [0, 0.05) is 23.0 Å². The number of anilines is 1. The molecule has 0 spiro atoms. The van der Waals surface area contributed by atoms with Crippen LogP contribution >= 0.6 is 11.5 Å². The molecule has 0 unspecified atom stereocenters. The minimum Gasteiger partial charge on any atom is -0.481 e. The van der Waals surface area contributed by atoms with Crippen LogP contribution in [-0.4, -0.2) is 26.0 Å². The van der Waals surface area contributed by atoms with E-state index in [1.807, 2.05) is 27.7 Å². The number of aromatic nitrogens is 2. The SMILES string of the molecule is CC(C)c1nsc(NC(C)(C)CC(=O)O)n1. The van der Waals surface area contributed by atoms with E-state index in [1.165, 1.54) is 11.5 Å². The van der Waals surface area contributed by atoms with Crippen molar-refractivity contribution in [3.05, 3.63) is 5.82 Å². The summed E-state index contributed by atoms with van der Waals surface area (Å²) >= 11 is 1.27. The van der Waals surface area contributed by atoms with Crippen molar-refractivity contribution in [1.82, 2.24) is 9.36 Å². The average Bonchev–Trinajstić information content (AvgIpc) is 2.48. The van der Waals surface area contributed by atoms with Crippen molar-refractivity contribution < 1.29 is 9.90 Å². The Balaban J connectivity index is 2.68. The first-order valence-corrected chi connectivity index (χ1v) is 5.91. The van der Waals surface area contributed by atoms with E-state index in [4.69, 9.17) is 5.11 Å². The molecule has 0 radical (unpaired) electrons. The Morgan fingerprint density at radius 3 is 2.62 bits per heavy atom. The van der Waals surface area contributed by atoms with Crippen molar-refractivity contribution >= 4 is 22.6 Å². The van der Waals surface area contributed by atoms with E-state index in [0.717, 1.165) is 5.82 Å². The quantitative estimate of drug-likeness (QED) is 0.830. The number of carboxylic acid groups (broad SMARTS) is 1. The second kappa shape index (κ2) is 4.78. The molecule has 6 heteroatoms. The second-order valence-corrected chi connectivity index (χ2v) is 5.44. The zero-order chi connectivity index (χ0) is 12.3. The van der Waals surface area contributed by atoms with E-state index >= 15 is 0 Å². The lowest BCUT2D eigenvalue weighted by molar-refractivity contribution is -0.137. The van der Waals surface area contributed by atoms with Crippen LogP contribution in [0, 0.1) is 0 Å². The van der Waals surface area contributed by atoms with Crippen LogP contribution in [0.3, 0.4) is 0 Å². The first-order valence-electron chi connectivity index (χ1n) is 5.14. The maximum atomic E-state index is 10.6. The molecule has 1 aromatic heterocycles. The van der Waals surface area contributed by atoms with Gasteiger partial charge in [0.15, 0.2) is 0 Å². The summed E-state index contributed by atoms with van der Waals surface area (Å²) in [6.07, 6.45) is 0.0452. The van der Waals surface area contributed by atoms with Gasteiger partial charge in [-0.2, -0.15) is 4.37 Å². The maximum Gasteiger partial charge on any atom is 0.305 e. The molecule has 1 aromatic rings. The first-order chi connectivity index (χ1) is 7.30. The van der Waals surface area contributed by atoms with Crippen LogP contribution in [0.25, 0.3) is 0 Å². The third kappa shape index (κ3) is 3.77. The summed E-state index contributed by atoms with van der Waals surface area (Å²) in [4.78, 5) is 15.0. The van der Waals surface area contributed by atoms with Crippen LogP contribution in [-0.2, 0) is 4.79 Å². The Labute approximate surface area is 99.1 Å². The zero-order valence-corrected chi connectivity index (χ0v) is 10.8. The summed E-state index contributed by atoms with van der Waals surface area (Å²) in [6, 6.07) is 0. The van der Waals surface area contributed by atoms with Gasteiger partial charge in [0.25, 0.3) is 0 Å². The largest absolute Gasteiger partial charge is 0.481 e. The molecule has 0 fully saturated rings. The van der Waals surface area contributed by atoms with Crippen LogP contribution in [0.1, 0.15) is 45.9 Å². The third-order valence-electron chi connectivity index (χ3n) is 2.00. The van der Waals surface area contributed by atoms with Gasteiger partial charge in [0.1, 0.15) is 5.82 Å². The van der Waals surface area contributed by atoms with Crippen molar-refractivity contribution in [1.29, 1.82) is 0 Å². The fraction of sp³-hybridized carbons (Fsp3) is 0.700. The predicted molar refractivity (Wildman–Crippen MR) is 64.0 cm³/mol. The highest BCUT2D eigenvalue weighted by Gasteiger charge is 2.23. The Kier molecular flexibility index (Phi) is 3.85. The van der Waals surface area contributed by atoms with E-state index in [-0.39, 0.29) is 12.3 Å². The molecule has 0 atom stereocenters. The lowest BCUT2D eigenvalue weighted by Gasteiger charge is -2.23. The molecule has 0 saturated carbocycles. The molecule has 0 bridgehead atoms. The smallest absolute Gasteiger partial charge is 0.305 e. The number of hydrogen-bond acceptors (Lipinski definition) is 5. The number of aliphatic carboxylic acids is 1. The Morgan fingerprint density at radius 1 is 1.56 bits per heavy atom. The number of hydrogen-bond donors (Lipinski definition) is 2. The van der Waals surface area contributed by atoms with Gasteiger partial charge in [-0.3, -0.25) is 4.79 Å². The van der Waals surface area contributed by atoms with Crippen molar-refractivity contribution in [2.45, 2.75) is 45.6 Å². The van der Waals surface area contributed by atoms with E-state index in [2.05, 4.69) is 14.7 Å². The zero-order valence-electron chi connectivity index (χ0n) is 9.94. The Morgan fingerprint density at radius 2 is 2.19 bits per heavy atom. The van der Waals surface area contributed by atoms with Gasteiger partial charge in [0.05, 0.1) is 6.42 Å². The van der Waals surface area contributed by atoms with Crippen molar-refractivity contribution in [2.75, 3.05) is 5.32 Å². The third-order valence-corrected chi connectivity index (χ3v) is 2.64. The topological polar surface area (TPSA) is 75.1 Å². The lowest BCUT2D eigenvalue weighted by Crippen LogP contribution is -2.33. The molecular weight excluding hydrogens is 226 g/mol. The maximum absolute atomic E-state index is 10.6. The molecule has 0 amide bonds. The fourth-order valence-corrected chi connectivity index (χ4v) is 2.12. The van der Waals surface area contributed by atoms with Crippen LogP contribution < -0.4 is 5.32 Å². The fourth-order valence-electron chi connectivity index (χ4n) is 1.23. The normalized spacial score (nSPS) is 11.8. The molecule has 1 heterocycles. The second-order valence-electron chi connectivity index (χ2n) is 4.69. The van der Waals surface area contributed by atoms with Crippen LogP contribution in [0.2, 0.25) is 0 Å². The molecule has 0 aliphatic rings. The molecule has 5 nitrogen and oxygen atoms in total. The molecule has 0 aromatic carbocycles. The average molecular weight is 243 g/mol. The highest BCUT2D eigenvalue weighted by atomic mass is 32.1. The minimum absolute atomic E-state index is 0.0452. The van der Waals surface area contributed by atoms with Gasteiger partial charge in [-0.15, -0.1) is 0 Å². The van der Waals surface area contributed by atoms with Gasteiger partial charge < -0.3 is 10.4 Å². The minimum atomic E-state index is -0.828. The van der Waals surface area contributed by atoms with E-state index in [0.29, 0.717) is 5.13 Å². The summed E-state index contributed by atoms with van der Waals surface area (Å²) in [7, 11) is 0. The summed E-state index contributed by atoms with van der Waals surface area (Å²) in [5, 5.41) is 12.5. The predicted octanol–water partition coefficient (Wildman–Crippen LogP) is 2.33. The van der Waals surface area contributed by atoms with Gasteiger partial charge in [-0.25, -0.2) is 4.98 Å². The van der Waals surface area contributed by atoms with Crippen molar-refractivity contribution in [3.63, 3.8) is 0 Å². The van der Waals surface area contributed by atoms with Gasteiger partial charge in [-0.1, -0.05) is 13.8 Å². The summed E-state index contributed by atoms with van der Waals surface area (Å²) < 4.78 is 4.20. The molecule has 0 aliphatic heterocycles. The summed E-state index contributed by atoms with van der Waals surface area (Å²) in [5.41, 5.74) is -0.514. The van der Waals surface area contributed by atoms with Crippen LogP contribution in [0.5, 0.6) is 0 Å². The Hall–Kier alpha value is -1.17. The van der Waals surface area contributed by atoms with E-state index < -0.39 is 11.5 Å². The standard InChI is InChI=1S/C10H17N3O2S/c1-6(2)8-11-9(16-13-8)12-10(3,4)5-7(14)15/h6H,5H2,1-4H3,(H,14,15)(H,11,12,13). The summed E-state index contributed by atoms with van der Waals surface area (Å²) in [6.45, 7) is 7.71. The molecule has 0 aliphatic carbocycles. The van der Waals surface area contributed by atoms with Gasteiger partial charge in [0.2, 0.25) is 5.13 Å². The molecule has 1 rings (SSSR count). The van der Waals surface area contributed by atoms with Gasteiger partial charge >= 0.3 is 5.97 Å². The van der Waals surface area contributed by atoms with Crippen molar-refractivity contribution in [2.24, 2.45) is 0 Å². The Bertz CT molecular complexity index is 374. The molecule has 0 saturated heterocycles. The molecule has 2 N–H and O–H groups in total. The number of carbonyl (C=O) groups is 1. The number of carboxylic acids is 1. The molecule has 90 valence electrons. The van der Waals surface area contributed by atoms with E-state index in [9.17, 15) is 4.79 Å². The monoisotopic (exact) mass is 243 g/mol. The van der Waals surface area contributed by atoms with Gasteiger partial charge in [-0.05, 0) is 13.8 Å². The lowest BCUT2D eigenvalue weighted by atomic mass is 10.0. The number of rotatable bonds is 5. The number of nitrogens with zero attached hydrogens (tertiary/aromatic N) is 2. The molecular formula is C10H17N3O2S. The van der Waals surface area contributed by atoms with Crippen LogP contribution in [0.4, 0.5) is 5.13 Å². The highest BCUT2D eigenvalue weighted by Crippen LogP contribution is 2.22.